The zero-order valence-corrected chi connectivity index (χ0v) is 21.2. The Kier molecular flexibility index (Phi) is 9.00. The molecule has 1 amide bonds. The fourth-order valence-corrected chi connectivity index (χ4v) is 3.96. The van der Waals surface area contributed by atoms with E-state index in [9.17, 15) is 9.18 Å². The van der Waals surface area contributed by atoms with Crippen LogP contribution in [0, 0.1) is 5.82 Å². The Morgan fingerprint density at radius 3 is 2.86 bits per heavy atom. The largest absolute Gasteiger partial charge is 0.492 e. The SMILES string of the molecule is CCOC(C)(C)COc1cnccc1CNC1=C(C(=S)Nc2cccc(F)c2OC)C(=O)NCC1. The van der Waals surface area contributed by atoms with Crippen molar-refractivity contribution < 1.29 is 23.4 Å². The minimum Gasteiger partial charge on any atom is -0.492 e. The van der Waals surface area contributed by atoms with Gasteiger partial charge >= 0.3 is 0 Å². The maximum atomic E-state index is 14.1. The summed E-state index contributed by atoms with van der Waals surface area (Å²) in [5.41, 5.74) is 1.74. The van der Waals surface area contributed by atoms with Gasteiger partial charge in [-0.3, -0.25) is 9.78 Å². The van der Waals surface area contributed by atoms with E-state index in [1.54, 1.807) is 18.5 Å². The highest BCUT2D eigenvalue weighted by atomic mass is 32.1. The molecule has 0 bridgehead atoms. The molecule has 1 aromatic heterocycles. The van der Waals surface area contributed by atoms with Crippen LogP contribution in [0.2, 0.25) is 0 Å². The third-order valence-corrected chi connectivity index (χ3v) is 5.61. The lowest BCUT2D eigenvalue weighted by molar-refractivity contribution is -0.117. The van der Waals surface area contributed by atoms with Crippen molar-refractivity contribution in [3.05, 3.63) is 59.3 Å². The van der Waals surface area contributed by atoms with Crippen molar-refractivity contribution in [1.29, 1.82) is 0 Å². The van der Waals surface area contributed by atoms with Gasteiger partial charge in [-0.1, -0.05) is 18.3 Å². The first kappa shape index (κ1) is 26.4. The summed E-state index contributed by atoms with van der Waals surface area (Å²) < 4.78 is 30.9. The van der Waals surface area contributed by atoms with Gasteiger partial charge in [0.05, 0.1) is 30.2 Å². The number of amides is 1. The molecule has 10 heteroatoms. The van der Waals surface area contributed by atoms with Crippen molar-refractivity contribution >= 4 is 28.8 Å². The predicted molar refractivity (Wildman–Crippen MR) is 136 cm³/mol. The number of hydrogen-bond donors (Lipinski definition) is 3. The first-order chi connectivity index (χ1) is 16.8. The van der Waals surface area contributed by atoms with Gasteiger partial charge < -0.3 is 30.2 Å². The van der Waals surface area contributed by atoms with Crippen molar-refractivity contribution in [1.82, 2.24) is 15.6 Å². The lowest BCUT2D eigenvalue weighted by atomic mass is 10.1. The van der Waals surface area contributed by atoms with Crippen LogP contribution in [-0.4, -0.2) is 48.3 Å². The second kappa shape index (κ2) is 11.9. The molecule has 0 radical (unpaired) electrons. The monoisotopic (exact) mass is 502 g/mol. The molecule has 0 saturated carbocycles. The van der Waals surface area contributed by atoms with Crippen LogP contribution in [-0.2, 0) is 16.1 Å². The third-order valence-electron chi connectivity index (χ3n) is 5.31. The summed E-state index contributed by atoms with van der Waals surface area (Å²) in [4.78, 5) is 17.1. The number of methoxy groups -OCH3 is 1. The van der Waals surface area contributed by atoms with Crippen LogP contribution in [0.4, 0.5) is 10.1 Å². The van der Waals surface area contributed by atoms with Crippen LogP contribution < -0.4 is 25.4 Å². The smallest absolute Gasteiger partial charge is 0.256 e. The quantitative estimate of drug-likeness (QED) is 0.401. The summed E-state index contributed by atoms with van der Waals surface area (Å²) >= 11 is 5.53. The average molecular weight is 503 g/mol. The highest BCUT2D eigenvalue weighted by Crippen LogP contribution is 2.28. The molecule has 1 aromatic carbocycles. The summed E-state index contributed by atoms with van der Waals surface area (Å²) in [7, 11) is 1.37. The summed E-state index contributed by atoms with van der Waals surface area (Å²) in [5.74, 6) is -0.190. The van der Waals surface area contributed by atoms with Crippen LogP contribution in [0.1, 0.15) is 32.8 Å². The van der Waals surface area contributed by atoms with Crippen LogP contribution >= 0.6 is 12.2 Å². The summed E-state index contributed by atoms with van der Waals surface area (Å²) in [6.07, 6.45) is 3.90. The number of hydrogen-bond acceptors (Lipinski definition) is 7. The first-order valence-electron chi connectivity index (χ1n) is 11.3. The number of carbonyl (C=O) groups excluding carboxylic acids is 1. The molecule has 0 aliphatic carbocycles. The van der Waals surface area contributed by atoms with E-state index in [0.717, 1.165) is 5.56 Å². The highest BCUT2D eigenvalue weighted by Gasteiger charge is 2.25. The number of thiocarbonyl (C=S) groups is 1. The molecule has 2 heterocycles. The van der Waals surface area contributed by atoms with Gasteiger partial charge in [0.25, 0.3) is 5.91 Å². The number of aromatic nitrogens is 1. The van der Waals surface area contributed by atoms with Gasteiger partial charge in [-0.2, -0.15) is 0 Å². The van der Waals surface area contributed by atoms with Crippen molar-refractivity contribution in [2.75, 3.05) is 32.2 Å². The number of nitrogens with zero attached hydrogens (tertiary/aromatic N) is 1. The fraction of sp³-hybridized carbons (Fsp3) is 0.400. The van der Waals surface area contributed by atoms with Crippen molar-refractivity contribution in [3.63, 3.8) is 0 Å². The van der Waals surface area contributed by atoms with E-state index in [1.165, 1.54) is 19.2 Å². The van der Waals surface area contributed by atoms with E-state index in [4.69, 9.17) is 26.4 Å². The number of ether oxygens (including phenoxy) is 3. The molecular weight excluding hydrogens is 471 g/mol. The van der Waals surface area contributed by atoms with E-state index in [2.05, 4.69) is 20.9 Å². The number of halogens is 1. The number of carbonyl (C=O) groups is 1. The molecular formula is C25H31FN4O4S. The average Bonchev–Trinajstić information content (AvgIpc) is 2.82. The Morgan fingerprint density at radius 1 is 1.31 bits per heavy atom. The molecule has 3 rings (SSSR count). The number of pyridine rings is 1. The zero-order valence-electron chi connectivity index (χ0n) is 20.4. The van der Waals surface area contributed by atoms with E-state index in [-0.39, 0.29) is 16.6 Å². The van der Waals surface area contributed by atoms with Crippen molar-refractivity contribution in [2.24, 2.45) is 0 Å². The Balaban J connectivity index is 1.78. The van der Waals surface area contributed by atoms with Gasteiger partial charge in [0, 0.05) is 43.6 Å². The highest BCUT2D eigenvalue weighted by molar-refractivity contribution is 7.81. The van der Waals surface area contributed by atoms with Gasteiger partial charge in [0.1, 0.15) is 17.3 Å². The number of nitrogens with one attached hydrogen (secondary N) is 3. The normalized spacial score (nSPS) is 13.8. The van der Waals surface area contributed by atoms with Crippen LogP contribution in [0.15, 0.2) is 47.9 Å². The van der Waals surface area contributed by atoms with E-state index < -0.39 is 11.4 Å². The zero-order chi connectivity index (χ0) is 25.4. The fourth-order valence-electron chi connectivity index (χ4n) is 3.64. The molecule has 2 aromatic rings. The molecule has 3 N–H and O–H groups in total. The predicted octanol–water partition coefficient (Wildman–Crippen LogP) is 3.73. The van der Waals surface area contributed by atoms with Gasteiger partial charge in [-0.25, -0.2) is 4.39 Å². The summed E-state index contributed by atoms with van der Waals surface area (Å²) in [5, 5.41) is 9.09. The number of benzene rings is 1. The maximum absolute atomic E-state index is 14.1. The third kappa shape index (κ3) is 6.89. The molecule has 188 valence electrons. The van der Waals surface area contributed by atoms with Crippen molar-refractivity contribution in [2.45, 2.75) is 39.3 Å². The van der Waals surface area contributed by atoms with Crippen LogP contribution in [0.25, 0.3) is 0 Å². The van der Waals surface area contributed by atoms with Crippen molar-refractivity contribution in [3.8, 4) is 11.5 Å². The molecule has 0 saturated heterocycles. The minimum absolute atomic E-state index is 0.0229. The standard InChI is InChI=1S/C25H31FN4O4S/c1-5-34-25(2,3)15-33-20-14-27-11-9-16(20)13-29-18-10-12-28-23(31)21(18)24(35)30-19-8-6-7-17(26)22(19)32-4/h6-9,11,14,29H,5,10,12-13,15H2,1-4H3,(H,28,31)(H,30,35). The molecule has 0 fully saturated rings. The molecule has 35 heavy (non-hydrogen) atoms. The second-order valence-electron chi connectivity index (χ2n) is 8.45. The topological polar surface area (TPSA) is 93.7 Å². The van der Waals surface area contributed by atoms with Gasteiger partial charge in [0.2, 0.25) is 0 Å². The Hall–Kier alpha value is -3.24. The van der Waals surface area contributed by atoms with E-state index in [0.29, 0.717) is 55.4 Å². The second-order valence-corrected chi connectivity index (χ2v) is 8.86. The Bertz CT molecular complexity index is 1110. The van der Waals surface area contributed by atoms with Crippen LogP contribution in [0.5, 0.6) is 11.5 Å². The summed E-state index contributed by atoms with van der Waals surface area (Å²) in [6.45, 7) is 7.68. The Labute approximate surface area is 210 Å². The number of rotatable bonds is 11. The lowest BCUT2D eigenvalue weighted by Crippen LogP contribution is -2.39. The molecule has 0 unspecified atom stereocenters. The Morgan fingerprint density at radius 2 is 2.11 bits per heavy atom. The number of anilines is 1. The van der Waals surface area contributed by atoms with E-state index >= 15 is 0 Å². The molecule has 8 nitrogen and oxygen atoms in total. The molecule has 0 spiro atoms. The lowest BCUT2D eigenvalue weighted by Gasteiger charge is -2.26. The van der Waals surface area contributed by atoms with Gasteiger partial charge in [-0.15, -0.1) is 0 Å². The van der Waals surface area contributed by atoms with Gasteiger partial charge in [0.15, 0.2) is 11.6 Å². The molecule has 1 aliphatic heterocycles. The molecule has 0 atom stereocenters. The van der Waals surface area contributed by atoms with Gasteiger partial charge in [-0.05, 0) is 39.0 Å². The number of para-hydroxylation sites is 1. The van der Waals surface area contributed by atoms with Crippen LogP contribution in [0.3, 0.4) is 0 Å². The minimum atomic E-state index is -0.529. The summed E-state index contributed by atoms with van der Waals surface area (Å²) in [6, 6.07) is 6.31. The molecule has 1 aliphatic rings. The van der Waals surface area contributed by atoms with E-state index in [1.807, 2.05) is 26.8 Å². The maximum Gasteiger partial charge on any atom is 0.256 e. The first-order valence-corrected chi connectivity index (χ1v) is 11.7.